The average molecular weight is 463 g/mol. The van der Waals surface area contributed by atoms with Crippen molar-refractivity contribution in [3.8, 4) is 5.75 Å². The van der Waals surface area contributed by atoms with Crippen LogP contribution < -0.4 is 4.74 Å². The molecule has 4 rings (SSSR count). The van der Waals surface area contributed by atoms with Gasteiger partial charge in [0.2, 0.25) is 0 Å². The summed E-state index contributed by atoms with van der Waals surface area (Å²) < 4.78 is 5.76. The van der Waals surface area contributed by atoms with E-state index in [1.807, 2.05) is 36.6 Å². The van der Waals surface area contributed by atoms with Gasteiger partial charge in [-0.25, -0.2) is 0 Å². The Hall–Kier alpha value is -3.45. The highest BCUT2D eigenvalue weighted by Gasteiger charge is 2.46. The number of rotatable bonds is 8. The highest BCUT2D eigenvalue weighted by Crippen LogP contribution is 2.42. The second-order valence-electron chi connectivity index (χ2n) is 7.98. The molecule has 1 aliphatic heterocycles. The van der Waals surface area contributed by atoms with Crippen molar-refractivity contribution in [2.45, 2.75) is 39.3 Å². The molecule has 6 nitrogen and oxygen atoms in total. The van der Waals surface area contributed by atoms with Gasteiger partial charge in [0.25, 0.3) is 11.7 Å². The van der Waals surface area contributed by atoms with E-state index in [1.54, 1.807) is 30.6 Å². The minimum absolute atomic E-state index is 0.106. The first-order chi connectivity index (χ1) is 16.0. The van der Waals surface area contributed by atoms with Crippen LogP contribution in [0.2, 0.25) is 0 Å². The number of ether oxygens (including phenoxy) is 1. The zero-order chi connectivity index (χ0) is 23.4. The molecule has 1 amide bonds. The number of unbranched alkanes of at least 4 members (excludes halogenated alkanes) is 1. The first-order valence-electron chi connectivity index (χ1n) is 11.0. The summed E-state index contributed by atoms with van der Waals surface area (Å²) in [5.74, 6) is -0.768. The van der Waals surface area contributed by atoms with Crippen molar-refractivity contribution < 1.29 is 19.4 Å². The highest BCUT2D eigenvalue weighted by molar-refractivity contribution is 7.10. The highest BCUT2D eigenvalue weighted by atomic mass is 32.1. The number of ketones is 1. The third-order valence-electron chi connectivity index (χ3n) is 5.65. The molecular weight excluding hydrogens is 436 g/mol. The fourth-order valence-electron chi connectivity index (χ4n) is 3.95. The van der Waals surface area contributed by atoms with E-state index >= 15 is 0 Å². The summed E-state index contributed by atoms with van der Waals surface area (Å²) in [4.78, 5) is 32.6. The number of hydrogen-bond acceptors (Lipinski definition) is 6. The molecule has 1 atom stereocenters. The summed E-state index contributed by atoms with van der Waals surface area (Å²) in [6.45, 7) is 4.80. The van der Waals surface area contributed by atoms with Crippen molar-refractivity contribution in [2.24, 2.45) is 0 Å². The van der Waals surface area contributed by atoms with E-state index in [4.69, 9.17) is 4.74 Å². The maximum Gasteiger partial charge on any atom is 0.295 e. The Balaban J connectivity index is 1.74. The summed E-state index contributed by atoms with van der Waals surface area (Å²) in [6, 6.07) is 12.1. The third kappa shape index (κ3) is 4.68. The number of nitrogens with zero attached hydrogens (tertiary/aromatic N) is 2. The van der Waals surface area contributed by atoms with Crippen LogP contribution in [-0.4, -0.2) is 33.3 Å². The van der Waals surface area contributed by atoms with Gasteiger partial charge >= 0.3 is 0 Å². The van der Waals surface area contributed by atoms with Gasteiger partial charge in [0.05, 0.1) is 18.2 Å². The summed E-state index contributed by atoms with van der Waals surface area (Å²) in [7, 11) is 0. The van der Waals surface area contributed by atoms with Crippen LogP contribution in [-0.2, 0) is 16.1 Å². The number of thiophene rings is 1. The number of aromatic nitrogens is 1. The monoisotopic (exact) mass is 462 g/mol. The van der Waals surface area contributed by atoms with Gasteiger partial charge in [0.1, 0.15) is 11.5 Å². The minimum Gasteiger partial charge on any atom is -0.507 e. The lowest BCUT2D eigenvalue weighted by molar-refractivity contribution is -0.140. The van der Waals surface area contributed by atoms with Crippen molar-refractivity contribution >= 4 is 28.8 Å². The molecule has 3 heterocycles. The van der Waals surface area contributed by atoms with Gasteiger partial charge in [-0.05, 0) is 60.2 Å². The van der Waals surface area contributed by atoms with Crippen LogP contribution in [0, 0.1) is 6.92 Å². The number of aliphatic hydroxyl groups excluding tert-OH is 1. The lowest BCUT2D eigenvalue weighted by Gasteiger charge is -2.24. The number of pyridine rings is 1. The summed E-state index contributed by atoms with van der Waals surface area (Å²) in [6.07, 6.45) is 5.33. The molecule has 1 fully saturated rings. The maximum atomic E-state index is 13.1. The first kappa shape index (κ1) is 22.7. The lowest BCUT2D eigenvalue weighted by Crippen LogP contribution is -2.28. The summed E-state index contributed by atoms with van der Waals surface area (Å²) in [5, 5.41) is 13.2. The number of carbonyl (C=O) groups is 2. The molecule has 0 saturated carbocycles. The zero-order valence-corrected chi connectivity index (χ0v) is 19.5. The molecule has 0 unspecified atom stereocenters. The van der Waals surface area contributed by atoms with E-state index in [0.29, 0.717) is 17.9 Å². The molecule has 1 aromatic carbocycles. The largest absolute Gasteiger partial charge is 0.507 e. The summed E-state index contributed by atoms with van der Waals surface area (Å²) >= 11 is 1.45. The van der Waals surface area contributed by atoms with Crippen molar-refractivity contribution in [1.29, 1.82) is 0 Å². The molecule has 1 saturated heterocycles. The van der Waals surface area contributed by atoms with Crippen molar-refractivity contribution in [3.63, 3.8) is 0 Å². The topological polar surface area (TPSA) is 79.7 Å². The summed E-state index contributed by atoms with van der Waals surface area (Å²) in [5.41, 5.74) is 2.20. The van der Waals surface area contributed by atoms with Gasteiger partial charge in [-0.3, -0.25) is 14.6 Å². The Kier molecular flexibility index (Phi) is 6.89. The van der Waals surface area contributed by atoms with Gasteiger partial charge in [-0.15, -0.1) is 11.3 Å². The van der Waals surface area contributed by atoms with Crippen LogP contribution in [0.5, 0.6) is 5.75 Å². The lowest BCUT2D eigenvalue weighted by atomic mass is 9.97. The van der Waals surface area contributed by atoms with E-state index in [0.717, 1.165) is 28.8 Å². The smallest absolute Gasteiger partial charge is 0.295 e. The first-order valence-corrected chi connectivity index (χ1v) is 11.8. The van der Waals surface area contributed by atoms with Crippen molar-refractivity contribution in [1.82, 2.24) is 9.88 Å². The Morgan fingerprint density at radius 1 is 1.21 bits per heavy atom. The van der Waals surface area contributed by atoms with Crippen LogP contribution in [0.1, 0.15) is 47.4 Å². The molecule has 0 radical (unpaired) electrons. The van der Waals surface area contributed by atoms with E-state index in [1.165, 1.54) is 16.2 Å². The van der Waals surface area contributed by atoms with Crippen molar-refractivity contribution in [3.05, 3.63) is 87.4 Å². The van der Waals surface area contributed by atoms with Gasteiger partial charge < -0.3 is 14.7 Å². The van der Waals surface area contributed by atoms with Gasteiger partial charge in [-0.1, -0.05) is 25.5 Å². The second kappa shape index (κ2) is 10.0. The Morgan fingerprint density at radius 3 is 2.73 bits per heavy atom. The Bertz CT molecular complexity index is 1170. The second-order valence-corrected chi connectivity index (χ2v) is 8.96. The Labute approximate surface area is 197 Å². The number of aliphatic hydroxyl groups is 1. The van der Waals surface area contributed by atoms with Crippen LogP contribution in [0.4, 0.5) is 0 Å². The molecular formula is C26H26N2O4S. The van der Waals surface area contributed by atoms with Gasteiger partial charge in [0, 0.05) is 29.4 Å². The molecule has 2 aromatic heterocycles. The van der Waals surface area contributed by atoms with Crippen LogP contribution in [0.15, 0.2) is 65.8 Å². The molecule has 170 valence electrons. The Morgan fingerprint density at radius 2 is 2.06 bits per heavy atom. The maximum absolute atomic E-state index is 13.1. The molecule has 3 aromatic rings. The minimum atomic E-state index is -0.683. The normalized spacial score (nSPS) is 17.5. The SMILES string of the molecule is CCCCOc1ccc(/C(O)=C2\C(=O)C(=O)N(Cc3cccnc3)[C@@H]2c2cccs2)c(C)c1. The van der Waals surface area contributed by atoms with Crippen LogP contribution in [0.3, 0.4) is 0 Å². The quantitative estimate of drug-likeness (QED) is 0.214. The fourth-order valence-corrected chi connectivity index (χ4v) is 4.79. The van der Waals surface area contributed by atoms with Gasteiger partial charge in [0.15, 0.2) is 0 Å². The third-order valence-corrected chi connectivity index (χ3v) is 6.57. The molecule has 33 heavy (non-hydrogen) atoms. The van der Waals surface area contributed by atoms with E-state index in [9.17, 15) is 14.7 Å². The van der Waals surface area contributed by atoms with Crippen LogP contribution in [0.25, 0.3) is 5.76 Å². The molecule has 1 aliphatic rings. The number of likely N-dealkylation sites (tertiary alicyclic amines) is 1. The van der Waals surface area contributed by atoms with E-state index in [2.05, 4.69) is 11.9 Å². The fraction of sp³-hybridized carbons (Fsp3) is 0.269. The molecule has 1 N–H and O–H groups in total. The average Bonchev–Trinajstić information content (AvgIpc) is 3.42. The van der Waals surface area contributed by atoms with E-state index < -0.39 is 17.7 Å². The van der Waals surface area contributed by atoms with Crippen LogP contribution >= 0.6 is 11.3 Å². The number of aryl methyl sites for hydroxylation is 1. The standard InChI is InChI=1S/C26H26N2O4S/c1-3-4-12-32-19-9-10-20(17(2)14-19)24(29)22-23(21-8-6-13-33-21)28(26(31)25(22)30)16-18-7-5-11-27-15-18/h5-11,13-15,23,29H,3-4,12,16H2,1-2H3/b24-22+/t23-/m1/s1. The number of carbonyl (C=O) groups excluding carboxylic acids is 2. The predicted molar refractivity (Wildman–Crippen MR) is 128 cm³/mol. The van der Waals surface area contributed by atoms with E-state index in [-0.39, 0.29) is 17.9 Å². The number of Topliss-reactive ketones (excluding diaryl/α,β-unsaturated/α-hetero) is 1. The van der Waals surface area contributed by atoms with Crippen molar-refractivity contribution in [2.75, 3.05) is 6.61 Å². The predicted octanol–water partition coefficient (Wildman–Crippen LogP) is 5.25. The number of hydrogen-bond donors (Lipinski definition) is 1. The number of benzene rings is 1. The molecule has 0 aliphatic carbocycles. The molecule has 0 spiro atoms. The molecule has 0 bridgehead atoms. The zero-order valence-electron chi connectivity index (χ0n) is 18.7. The van der Waals surface area contributed by atoms with Gasteiger partial charge in [-0.2, -0.15) is 0 Å². The molecule has 7 heteroatoms. The number of amides is 1.